The van der Waals surface area contributed by atoms with E-state index in [1.54, 1.807) is 25.1 Å². The first-order valence-corrected chi connectivity index (χ1v) is 22.4. The van der Waals surface area contributed by atoms with Gasteiger partial charge in [0.15, 0.2) is 0 Å². The Balaban J connectivity index is 0.855. The number of nitrogens with zero attached hydrogens (tertiary/aromatic N) is 5. The predicted molar refractivity (Wildman–Crippen MR) is 249 cm³/mol. The van der Waals surface area contributed by atoms with Gasteiger partial charge in [0.25, 0.3) is 11.8 Å². The van der Waals surface area contributed by atoms with E-state index in [0.717, 1.165) is 56.6 Å². The minimum absolute atomic E-state index is 0.0875. The van der Waals surface area contributed by atoms with Crippen LogP contribution >= 0.6 is 0 Å². The zero-order valence-electron chi connectivity index (χ0n) is 37.8. The molecule has 5 heterocycles. The number of carbonyl (C=O) groups is 4. The molecule has 5 N–H and O–H groups in total. The zero-order chi connectivity index (χ0) is 47.4. The number of nitrogens with one attached hydrogen (secondary N) is 2. The minimum atomic E-state index is -1.53. The molecule has 0 unspecified atom stereocenters. The lowest BCUT2D eigenvalue weighted by Gasteiger charge is -2.47. The lowest BCUT2D eigenvalue weighted by atomic mass is 9.71. The second-order valence-electron chi connectivity index (χ2n) is 18.5. The van der Waals surface area contributed by atoms with Gasteiger partial charge in [-0.25, -0.2) is 23.5 Å². The summed E-state index contributed by atoms with van der Waals surface area (Å²) >= 11 is 0. The number of likely N-dealkylation sites (tertiary alicyclic amines) is 2. The molecule has 3 fully saturated rings. The van der Waals surface area contributed by atoms with Gasteiger partial charge >= 0.3 is 6.03 Å². The van der Waals surface area contributed by atoms with Crippen LogP contribution in [0.3, 0.4) is 0 Å². The van der Waals surface area contributed by atoms with Crippen LogP contribution in [0.5, 0.6) is 5.75 Å². The van der Waals surface area contributed by atoms with Gasteiger partial charge in [-0.3, -0.25) is 29.5 Å². The first-order valence-electron chi connectivity index (χ1n) is 22.4. The fourth-order valence-electron chi connectivity index (χ4n) is 9.96. The number of carbonyl (C=O) groups excluding carboxylic acids is 4. The average molecular weight is 911 g/mol. The Morgan fingerprint density at radius 3 is 2.27 bits per heavy atom. The number of halogens is 2. The van der Waals surface area contributed by atoms with Crippen LogP contribution in [-0.2, 0) is 16.9 Å². The smallest absolute Gasteiger partial charge is 0.328 e. The number of urea groups is 1. The van der Waals surface area contributed by atoms with Gasteiger partial charge in [-0.2, -0.15) is 0 Å². The van der Waals surface area contributed by atoms with E-state index in [0.29, 0.717) is 57.9 Å². The Labute approximate surface area is 386 Å². The maximum atomic E-state index is 16.1. The van der Waals surface area contributed by atoms with E-state index in [4.69, 9.17) is 10.5 Å². The molecule has 0 radical (unpaired) electrons. The van der Waals surface area contributed by atoms with Crippen molar-refractivity contribution in [1.82, 2.24) is 30.1 Å². The summed E-state index contributed by atoms with van der Waals surface area (Å²) < 4.78 is 37.2. The van der Waals surface area contributed by atoms with Gasteiger partial charge in [-0.05, 0) is 135 Å². The Kier molecular flexibility index (Phi) is 11.9. The number of fused-ring (bicyclic) bond motifs is 1. The Bertz CT molecular complexity index is 2950. The number of aliphatic hydroxyl groups is 1. The monoisotopic (exact) mass is 910 g/mol. The summed E-state index contributed by atoms with van der Waals surface area (Å²) in [6, 6.07) is 20.0. The molecule has 14 nitrogen and oxygen atoms in total. The van der Waals surface area contributed by atoms with Crippen molar-refractivity contribution in [3.63, 3.8) is 0 Å². The summed E-state index contributed by atoms with van der Waals surface area (Å²) in [5.74, 6) is -2.56. The molecule has 2 aromatic heterocycles. The van der Waals surface area contributed by atoms with Gasteiger partial charge in [0.05, 0.1) is 29.7 Å². The topological polar surface area (TPSA) is 187 Å². The number of methoxy groups -OCH3 is 1. The first kappa shape index (κ1) is 45.1. The molecule has 346 valence electrons. The van der Waals surface area contributed by atoms with Crippen LogP contribution in [-0.4, -0.2) is 93.4 Å². The molecule has 9 rings (SSSR count). The highest BCUT2D eigenvalue weighted by atomic mass is 19.1. The molecule has 3 aliphatic rings. The fraction of sp³-hybridized carbons (Fsp3) is 0.333. The van der Waals surface area contributed by atoms with Crippen molar-refractivity contribution >= 4 is 40.5 Å². The van der Waals surface area contributed by atoms with Gasteiger partial charge < -0.3 is 25.5 Å². The Morgan fingerprint density at radius 1 is 0.896 bits per heavy atom. The number of primary amides is 1. The molecule has 4 aromatic carbocycles. The molecule has 67 heavy (non-hydrogen) atoms. The van der Waals surface area contributed by atoms with E-state index in [1.807, 2.05) is 11.0 Å². The standard InChI is InChI=1S/C51H52F2N8O6/c1-29-35(43-38(50(2,3)66)11-10-34(44(43)53)46(54)63)24-33(52)25-36(29)45-37-26-39(57-47(37)56-28-55-45)31-7-5-30(6-8-31)27-59-19-14-51(15-20-59)16-21-60(22-17-51)48(64)32-9-12-41(67-4)40(23-32)61-18-13-42(62)58-49(61)65/h5-12,23-26,28,66H,13-22,27H2,1-4H3,(H2,54,63)(H,55,56,57)(H,58,62,65). The van der Waals surface area contributed by atoms with Gasteiger partial charge in [0.2, 0.25) is 5.91 Å². The molecule has 1 spiro atoms. The van der Waals surface area contributed by atoms with Crippen LogP contribution in [0.4, 0.5) is 19.3 Å². The van der Waals surface area contributed by atoms with E-state index in [9.17, 15) is 24.3 Å². The molecule has 3 saturated heterocycles. The normalized spacial score (nSPS) is 16.7. The summed E-state index contributed by atoms with van der Waals surface area (Å²) in [7, 11) is 1.51. The molecule has 6 aromatic rings. The number of aromatic nitrogens is 3. The summed E-state index contributed by atoms with van der Waals surface area (Å²) in [5, 5.41) is 14.0. The third kappa shape index (κ3) is 8.74. The molecule has 16 heteroatoms. The quantitative estimate of drug-likeness (QED) is 0.106. The summed E-state index contributed by atoms with van der Waals surface area (Å²) in [4.78, 5) is 68.4. The van der Waals surface area contributed by atoms with Gasteiger partial charge in [0.1, 0.15) is 29.4 Å². The van der Waals surface area contributed by atoms with Crippen molar-refractivity contribution < 1.29 is 37.8 Å². The number of amides is 5. The molecular weight excluding hydrogens is 859 g/mol. The Hall–Kier alpha value is -7.04. The second-order valence-corrected chi connectivity index (χ2v) is 18.5. The number of hydrogen-bond acceptors (Lipinski definition) is 9. The number of rotatable bonds is 10. The molecule has 5 amide bonds. The fourth-order valence-corrected chi connectivity index (χ4v) is 9.96. The first-order chi connectivity index (χ1) is 32.0. The van der Waals surface area contributed by atoms with E-state index in [-0.39, 0.29) is 52.4 Å². The molecule has 0 atom stereocenters. The lowest BCUT2D eigenvalue weighted by molar-refractivity contribution is -0.120. The van der Waals surface area contributed by atoms with Crippen molar-refractivity contribution in [2.45, 2.75) is 65.0 Å². The van der Waals surface area contributed by atoms with E-state index < -0.39 is 29.2 Å². The van der Waals surface area contributed by atoms with Crippen LogP contribution in [0.15, 0.2) is 79.1 Å². The van der Waals surface area contributed by atoms with Crippen LogP contribution in [0.1, 0.15) is 83.4 Å². The van der Waals surface area contributed by atoms with Crippen molar-refractivity contribution in [3.05, 3.63) is 119 Å². The number of benzene rings is 4. The number of imide groups is 1. The zero-order valence-corrected chi connectivity index (χ0v) is 37.8. The van der Waals surface area contributed by atoms with Crippen LogP contribution in [0.25, 0.3) is 44.7 Å². The molecule has 0 bridgehead atoms. The van der Waals surface area contributed by atoms with Crippen LogP contribution in [0, 0.1) is 24.0 Å². The number of hydrogen-bond donors (Lipinski definition) is 4. The summed E-state index contributed by atoms with van der Waals surface area (Å²) in [5.41, 5.74) is 9.60. The highest BCUT2D eigenvalue weighted by Gasteiger charge is 2.39. The number of aromatic amines is 1. The number of nitrogens with two attached hydrogens (primary N) is 1. The summed E-state index contributed by atoms with van der Waals surface area (Å²) in [6.45, 7) is 8.90. The Morgan fingerprint density at radius 2 is 1.60 bits per heavy atom. The van der Waals surface area contributed by atoms with Gasteiger partial charge in [0, 0.05) is 60.4 Å². The second kappa shape index (κ2) is 17.6. The molecule has 3 aliphatic heterocycles. The third-order valence-electron chi connectivity index (χ3n) is 13.9. The average Bonchev–Trinajstić information content (AvgIpc) is 3.75. The molecule has 0 saturated carbocycles. The van der Waals surface area contributed by atoms with Gasteiger partial charge in [-0.15, -0.1) is 0 Å². The SMILES string of the molecule is COc1ccc(C(=O)N2CCC3(CCN(Cc4ccc(-c5cc6c(-c7cc(F)cc(-c8c(C(C)(C)O)ccc(C(N)=O)c8F)c7C)ncnc6[nH]5)cc4)CC3)CC2)cc1N1CCC(=O)NC1=O. The maximum absolute atomic E-state index is 16.1. The summed E-state index contributed by atoms with van der Waals surface area (Å²) in [6.07, 6.45) is 5.48. The number of anilines is 1. The van der Waals surface area contributed by atoms with Crippen LogP contribution < -0.4 is 20.7 Å². The van der Waals surface area contributed by atoms with E-state index in [1.165, 1.54) is 62.0 Å². The maximum Gasteiger partial charge on any atom is 0.328 e. The number of H-pyrrole nitrogens is 1. The lowest BCUT2D eigenvalue weighted by Crippen LogP contribution is -2.50. The highest BCUT2D eigenvalue weighted by molar-refractivity contribution is 6.07. The number of ether oxygens (including phenoxy) is 1. The van der Waals surface area contributed by atoms with Crippen molar-refractivity contribution in [2.75, 3.05) is 44.7 Å². The molecule has 0 aliphatic carbocycles. The van der Waals surface area contributed by atoms with Crippen molar-refractivity contribution in [3.8, 4) is 39.4 Å². The van der Waals surface area contributed by atoms with E-state index in [2.05, 4.69) is 49.4 Å². The largest absolute Gasteiger partial charge is 0.495 e. The van der Waals surface area contributed by atoms with E-state index >= 15 is 8.78 Å². The van der Waals surface area contributed by atoms with Crippen LogP contribution in [0.2, 0.25) is 0 Å². The van der Waals surface area contributed by atoms with Gasteiger partial charge in [-0.1, -0.05) is 30.3 Å². The van der Waals surface area contributed by atoms with Crippen molar-refractivity contribution in [2.24, 2.45) is 11.1 Å². The molecular formula is C51H52F2N8O6. The third-order valence-corrected chi connectivity index (χ3v) is 13.9. The predicted octanol–water partition coefficient (Wildman–Crippen LogP) is 7.85. The minimum Gasteiger partial charge on any atom is -0.495 e. The number of piperidine rings is 2. The van der Waals surface area contributed by atoms with Crippen molar-refractivity contribution in [1.29, 1.82) is 0 Å². The highest BCUT2D eigenvalue weighted by Crippen LogP contribution is 2.44.